The van der Waals surface area contributed by atoms with Crippen LogP contribution >= 0.6 is 0 Å². The number of hydrogen-bond acceptors (Lipinski definition) is 3. The topological polar surface area (TPSA) is 39.4 Å². The van der Waals surface area contributed by atoms with Gasteiger partial charge in [-0.15, -0.1) is 13.2 Å². The van der Waals surface area contributed by atoms with E-state index in [9.17, 15) is 13.2 Å². The van der Waals surface area contributed by atoms with E-state index >= 15 is 0 Å². The van der Waals surface area contributed by atoms with Gasteiger partial charge in [-0.3, -0.25) is 0 Å². The Hall–Kier alpha value is -3.27. The summed E-state index contributed by atoms with van der Waals surface area (Å²) in [6, 6.07) is 5.37. The summed E-state index contributed by atoms with van der Waals surface area (Å²) in [5.41, 5.74) is 1.72. The summed E-state index contributed by atoms with van der Waals surface area (Å²) in [7, 11) is 0. The Labute approximate surface area is 143 Å². The highest BCUT2D eigenvalue weighted by Gasteiger charge is 2.30. The Kier molecular flexibility index (Phi) is 5.79. The molecule has 0 aliphatic heterocycles. The van der Waals surface area contributed by atoms with Crippen LogP contribution in [0.2, 0.25) is 0 Å². The first-order chi connectivity index (χ1) is 11.9. The summed E-state index contributed by atoms with van der Waals surface area (Å²) in [6.07, 6.45) is 3.41. The van der Waals surface area contributed by atoms with E-state index in [0.29, 0.717) is 17.0 Å². The van der Waals surface area contributed by atoms with Crippen molar-refractivity contribution in [2.75, 3.05) is 0 Å². The van der Waals surface area contributed by atoms with Crippen LogP contribution in [0.15, 0.2) is 66.6 Å². The summed E-state index contributed by atoms with van der Waals surface area (Å²) in [5.74, 6) is 5.45. The molecule has 4 nitrogen and oxygen atoms in total. The summed E-state index contributed by atoms with van der Waals surface area (Å²) in [5, 5.41) is 4.13. The van der Waals surface area contributed by atoms with Crippen molar-refractivity contribution in [3.05, 3.63) is 67.2 Å². The molecule has 0 N–H and O–H groups in total. The van der Waals surface area contributed by atoms with Crippen molar-refractivity contribution in [3.63, 3.8) is 0 Å². The van der Waals surface area contributed by atoms with Crippen LogP contribution in [0.1, 0.15) is 12.5 Å². The zero-order chi connectivity index (χ0) is 18.3. The fourth-order valence-corrected chi connectivity index (χ4v) is 1.76. The van der Waals surface area contributed by atoms with Gasteiger partial charge in [0.15, 0.2) is 0 Å². The summed E-state index contributed by atoms with van der Waals surface area (Å²) in [6.45, 7) is 5.47. The Morgan fingerprint density at radius 1 is 1.32 bits per heavy atom. The second kappa shape index (κ2) is 8.02. The lowest BCUT2D eigenvalue weighted by molar-refractivity contribution is -0.274. The van der Waals surface area contributed by atoms with E-state index in [2.05, 4.69) is 33.2 Å². The van der Waals surface area contributed by atoms with Crippen LogP contribution in [0.3, 0.4) is 0 Å². The number of halogens is 3. The molecule has 0 aliphatic rings. The minimum Gasteiger partial charge on any atom is -0.406 e. The van der Waals surface area contributed by atoms with Gasteiger partial charge in [-0.1, -0.05) is 18.6 Å². The van der Waals surface area contributed by atoms with Gasteiger partial charge in [0, 0.05) is 12.4 Å². The highest BCUT2D eigenvalue weighted by atomic mass is 19.4. The van der Waals surface area contributed by atoms with Crippen LogP contribution in [0.4, 0.5) is 13.2 Å². The van der Waals surface area contributed by atoms with Crippen molar-refractivity contribution >= 4 is 5.71 Å². The highest BCUT2D eigenvalue weighted by molar-refractivity contribution is 6.09. The third-order valence-corrected chi connectivity index (χ3v) is 2.81. The predicted octanol–water partition coefficient (Wildman–Crippen LogP) is 4.28. The number of nitrogens with zero attached hydrogens (tertiary/aromatic N) is 3. The monoisotopic (exact) mass is 345 g/mol. The van der Waals surface area contributed by atoms with E-state index in [-0.39, 0.29) is 5.75 Å². The maximum Gasteiger partial charge on any atom is 0.573 e. The maximum absolute atomic E-state index is 12.1. The van der Waals surface area contributed by atoms with E-state index < -0.39 is 6.36 Å². The second-order valence-electron chi connectivity index (χ2n) is 4.67. The summed E-state index contributed by atoms with van der Waals surface area (Å²) >= 11 is 0. The van der Waals surface area contributed by atoms with Crippen LogP contribution in [-0.2, 0) is 0 Å². The van der Waals surface area contributed by atoms with Crippen molar-refractivity contribution in [2.24, 2.45) is 4.99 Å². The van der Waals surface area contributed by atoms with Crippen LogP contribution in [-0.4, -0.2) is 21.9 Å². The third kappa shape index (κ3) is 5.70. The largest absolute Gasteiger partial charge is 0.573 e. The van der Waals surface area contributed by atoms with E-state index in [0.717, 1.165) is 0 Å². The number of ether oxygens (including phenoxy) is 1. The molecule has 0 saturated heterocycles. The standard InChI is InChI=1S/C18H14F3N3O/c1-3-11-22-15(4-2)6-5-14-12-23-24(13-14)16-7-9-17(10-8-16)25-18(19,20)21/h3-4,7-13H,2H2,1H3/b11-3-,22-15?. The quantitative estimate of drug-likeness (QED) is 0.613. The molecule has 2 aromatic rings. The molecular weight excluding hydrogens is 331 g/mol. The molecule has 25 heavy (non-hydrogen) atoms. The van der Waals surface area contributed by atoms with Crippen LogP contribution < -0.4 is 4.74 Å². The molecule has 128 valence electrons. The van der Waals surface area contributed by atoms with Gasteiger partial charge in [-0.05, 0) is 43.2 Å². The van der Waals surface area contributed by atoms with Crippen molar-refractivity contribution < 1.29 is 17.9 Å². The van der Waals surface area contributed by atoms with Crippen LogP contribution in [0.5, 0.6) is 5.75 Å². The number of aromatic nitrogens is 2. The Morgan fingerprint density at radius 3 is 2.64 bits per heavy atom. The van der Waals surface area contributed by atoms with Crippen molar-refractivity contribution in [1.82, 2.24) is 9.78 Å². The molecule has 1 aromatic heterocycles. The molecule has 0 aliphatic carbocycles. The van der Waals surface area contributed by atoms with E-state index in [1.54, 1.807) is 24.7 Å². The molecule has 1 aromatic carbocycles. The van der Waals surface area contributed by atoms with E-state index in [1.807, 2.05) is 6.92 Å². The number of alkyl halides is 3. The fourth-order valence-electron chi connectivity index (χ4n) is 1.76. The van der Waals surface area contributed by atoms with Crippen LogP contribution in [0.25, 0.3) is 5.69 Å². The Morgan fingerprint density at radius 2 is 2.04 bits per heavy atom. The van der Waals surface area contributed by atoms with Gasteiger partial charge in [0.25, 0.3) is 0 Å². The molecule has 7 heteroatoms. The average Bonchev–Trinajstić information content (AvgIpc) is 3.03. The van der Waals surface area contributed by atoms with Crippen LogP contribution in [0, 0.1) is 11.8 Å². The Bertz CT molecular complexity index is 850. The van der Waals surface area contributed by atoms with Crippen molar-refractivity contribution in [2.45, 2.75) is 13.3 Å². The van der Waals surface area contributed by atoms with Crippen molar-refractivity contribution in [1.29, 1.82) is 0 Å². The highest BCUT2D eigenvalue weighted by Crippen LogP contribution is 2.23. The number of allylic oxidation sites excluding steroid dienone is 2. The number of hydrogen-bond donors (Lipinski definition) is 0. The van der Waals surface area contributed by atoms with Gasteiger partial charge in [0.1, 0.15) is 11.5 Å². The smallest absolute Gasteiger partial charge is 0.406 e. The first kappa shape index (κ1) is 18.1. The zero-order valence-corrected chi connectivity index (χ0v) is 13.3. The minimum absolute atomic E-state index is 0.292. The maximum atomic E-state index is 12.1. The molecule has 0 unspecified atom stereocenters. The van der Waals surface area contributed by atoms with Gasteiger partial charge in [0.05, 0.1) is 17.4 Å². The molecule has 2 rings (SSSR count). The lowest BCUT2D eigenvalue weighted by atomic mass is 10.3. The normalized spacial score (nSPS) is 11.9. The van der Waals surface area contributed by atoms with Gasteiger partial charge in [-0.2, -0.15) is 5.10 Å². The molecule has 0 atom stereocenters. The lowest BCUT2D eigenvalue weighted by Crippen LogP contribution is -2.17. The first-order valence-electron chi connectivity index (χ1n) is 7.15. The van der Waals surface area contributed by atoms with Gasteiger partial charge < -0.3 is 4.74 Å². The molecule has 0 radical (unpaired) electrons. The van der Waals surface area contributed by atoms with E-state index in [1.165, 1.54) is 35.0 Å². The van der Waals surface area contributed by atoms with Gasteiger partial charge >= 0.3 is 6.36 Å². The summed E-state index contributed by atoms with van der Waals surface area (Å²) < 4.78 is 41.8. The summed E-state index contributed by atoms with van der Waals surface area (Å²) in [4.78, 5) is 4.09. The fraction of sp³-hybridized carbons (Fsp3) is 0.111. The second-order valence-corrected chi connectivity index (χ2v) is 4.67. The lowest BCUT2D eigenvalue weighted by Gasteiger charge is -2.09. The molecular formula is C18H14F3N3O. The molecule has 0 saturated carbocycles. The zero-order valence-electron chi connectivity index (χ0n) is 13.3. The molecule has 1 heterocycles. The number of benzene rings is 1. The van der Waals surface area contributed by atoms with Gasteiger partial charge in [0.2, 0.25) is 0 Å². The van der Waals surface area contributed by atoms with Gasteiger partial charge in [-0.25, -0.2) is 9.67 Å². The Balaban J connectivity index is 2.15. The average molecular weight is 345 g/mol. The minimum atomic E-state index is -4.71. The first-order valence-corrected chi connectivity index (χ1v) is 7.15. The molecule has 0 bridgehead atoms. The third-order valence-electron chi connectivity index (χ3n) is 2.81. The molecule has 0 fully saturated rings. The SMILES string of the molecule is C=CC(C#Cc1cnn(-c2ccc(OC(F)(F)F)cc2)c1)=N/C=C\C. The molecule has 0 spiro atoms. The molecule has 0 amide bonds. The van der Waals surface area contributed by atoms with Crippen molar-refractivity contribution in [3.8, 4) is 23.3 Å². The number of aliphatic imine (C=N–C) groups is 1. The predicted molar refractivity (Wildman–Crippen MR) is 89.6 cm³/mol. The number of rotatable bonds is 4. The van der Waals surface area contributed by atoms with E-state index in [4.69, 9.17) is 0 Å².